The fourth-order valence-corrected chi connectivity index (χ4v) is 3.15. The lowest BCUT2D eigenvalue weighted by atomic mass is 9.57. The lowest BCUT2D eigenvalue weighted by Gasteiger charge is -2.46. The van der Waals surface area contributed by atoms with Gasteiger partial charge in [-0.15, -0.1) is 0 Å². The van der Waals surface area contributed by atoms with E-state index in [1.54, 1.807) is 0 Å². The molecular weight excluding hydrogens is 256 g/mol. The van der Waals surface area contributed by atoms with Crippen LogP contribution >= 0.6 is 0 Å². The van der Waals surface area contributed by atoms with E-state index < -0.39 is 5.41 Å². The van der Waals surface area contributed by atoms with Crippen molar-refractivity contribution in [3.05, 3.63) is 23.8 Å². The maximum atomic E-state index is 12.4. The van der Waals surface area contributed by atoms with Crippen LogP contribution in [0.4, 0.5) is 0 Å². The molecule has 4 nitrogen and oxygen atoms in total. The summed E-state index contributed by atoms with van der Waals surface area (Å²) >= 11 is 0. The van der Waals surface area contributed by atoms with Crippen LogP contribution in [0.15, 0.2) is 18.2 Å². The average molecular weight is 276 g/mol. The number of ether oxygens (including phenoxy) is 3. The molecule has 0 saturated heterocycles. The molecule has 0 bridgehead atoms. The summed E-state index contributed by atoms with van der Waals surface area (Å²) in [5, 5.41) is 0. The molecule has 0 radical (unpaired) electrons. The van der Waals surface area contributed by atoms with E-state index in [0.29, 0.717) is 25.7 Å². The molecule has 2 unspecified atom stereocenters. The van der Waals surface area contributed by atoms with Gasteiger partial charge in [-0.3, -0.25) is 4.79 Å². The van der Waals surface area contributed by atoms with Gasteiger partial charge in [0.05, 0.1) is 12.0 Å². The maximum absolute atomic E-state index is 12.4. The number of carbonyl (C=O) groups excluding carboxylic acids is 1. The predicted octanol–water partition coefficient (Wildman–Crippen LogP) is 2.69. The monoisotopic (exact) mass is 276 g/mol. The van der Waals surface area contributed by atoms with Crippen molar-refractivity contribution in [2.75, 3.05) is 19.8 Å². The second-order valence-corrected chi connectivity index (χ2v) is 5.49. The van der Waals surface area contributed by atoms with Gasteiger partial charge in [0.15, 0.2) is 11.5 Å². The summed E-state index contributed by atoms with van der Waals surface area (Å²) in [6.45, 7) is 5.50. The van der Waals surface area contributed by atoms with Crippen LogP contribution in [0.3, 0.4) is 0 Å². The molecule has 1 aromatic rings. The molecule has 1 aromatic carbocycles. The minimum atomic E-state index is -0.508. The lowest BCUT2D eigenvalue weighted by molar-refractivity contribution is -0.157. The topological polar surface area (TPSA) is 44.8 Å². The number of rotatable bonds is 3. The van der Waals surface area contributed by atoms with E-state index in [-0.39, 0.29) is 5.97 Å². The lowest BCUT2D eigenvalue weighted by Crippen LogP contribution is -2.50. The van der Waals surface area contributed by atoms with Gasteiger partial charge in [-0.1, -0.05) is 13.0 Å². The number of hydrogen-bond donors (Lipinski definition) is 0. The summed E-state index contributed by atoms with van der Waals surface area (Å²) < 4.78 is 16.5. The second kappa shape index (κ2) is 5.00. The first kappa shape index (κ1) is 13.3. The number of fused-ring (bicyclic) bond motifs is 1. The molecule has 1 saturated carbocycles. The Morgan fingerprint density at radius 2 is 2.10 bits per heavy atom. The Bertz CT molecular complexity index is 525. The van der Waals surface area contributed by atoms with Gasteiger partial charge in [0.1, 0.15) is 13.2 Å². The summed E-state index contributed by atoms with van der Waals surface area (Å²) in [6.07, 6.45) is 1.89. The molecule has 0 aromatic heterocycles. The third-order valence-electron chi connectivity index (χ3n) is 4.51. The van der Waals surface area contributed by atoms with Crippen molar-refractivity contribution in [3.8, 4) is 11.5 Å². The van der Waals surface area contributed by atoms with E-state index in [0.717, 1.165) is 29.9 Å². The van der Waals surface area contributed by atoms with Crippen molar-refractivity contribution in [1.82, 2.24) is 0 Å². The Kier molecular flexibility index (Phi) is 3.32. The van der Waals surface area contributed by atoms with Crippen LogP contribution < -0.4 is 9.47 Å². The third-order valence-corrected chi connectivity index (χ3v) is 4.51. The molecular formula is C16H20O4. The van der Waals surface area contributed by atoms with Crippen LogP contribution in [0.5, 0.6) is 11.5 Å². The molecule has 3 rings (SSSR count). The van der Waals surface area contributed by atoms with E-state index in [9.17, 15) is 4.79 Å². The summed E-state index contributed by atoms with van der Waals surface area (Å²) in [5.74, 6) is 1.67. The number of esters is 1. The first-order valence-electron chi connectivity index (χ1n) is 7.26. The van der Waals surface area contributed by atoms with Crippen LogP contribution in [0.25, 0.3) is 0 Å². The summed E-state index contributed by atoms with van der Waals surface area (Å²) in [7, 11) is 0. The fourth-order valence-electron chi connectivity index (χ4n) is 3.15. The molecule has 0 spiro atoms. The van der Waals surface area contributed by atoms with E-state index in [1.807, 2.05) is 25.1 Å². The van der Waals surface area contributed by atoms with Crippen molar-refractivity contribution in [2.24, 2.45) is 5.92 Å². The maximum Gasteiger partial charge on any atom is 0.316 e. The van der Waals surface area contributed by atoms with Gasteiger partial charge < -0.3 is 14.2 Å². The zero-order valence-corrected chi connectivity index (χ0v) is 12.0. The van der Waals surface area contributed by atoms with Crippen LogP contribution in [0, 0.1) is 5.92 Å². The molecule has 1 aliphatic heterocycles. The van der Waals surface area contributed by atoms with Crippen LogP contribution in [0.1, 0.15) is 32.3 Å². The molecule has 108 valence electrons. The van der Waals surface area contributed by atoms with E-state index >= 15 is 0 Å². The zero-order chi connectivity index (χ0) is 14.2. The first-order valence-corrected chi connectivity index (χ1v) is 7.26. The Morgan fingerprint density at radius 1 is 1.35 bits per heavy atom. The highest BCUT2D eigenvalue weighted by molar-refractivity contribution is 5.85. The Morgan fingerprint density at radius 3 is 2.70 bits per heavy atom. The van der Waals surface area contributed by atoms with Crippen LogP contribution in [-0.2, 0) is 14.9 Å². The normalized spacial score (nSPS) is 27.6. The Balaban J connectivity index is 1.98. The molecule has 2 atom stereocenters. The van der Waals surface area contributed by atoms with Crippen LogP contribution in [0.2, 0.25) is 0 Å². The highest BCUT2D eigenvalue weighted by atomic mass is 16.6. The van der Waals surface area contributed by atoms with E-state index in [2.05, 4.69) is 6.92 Å². The van der Waals surface area contributed by atoms with Crippen molar-refractivity contribution < 1.29 is 19.0 Å². The van der Waals surface area contributed by atoms with Gasteiger partial charge in [-0.25, -0.2) is 0 Å². The largest absolute Gasteiger partial charge is 0.486 e. The summed E-state index contributed by atoms with van der Waals surface area (Å²) in [6, 6.07) is 5.82. The van der Waals surface area contributed by atoms with Gasteiger partial charge in [-0.2, -0.15) is 0 Å². The summed E-state index contributed by atoms with van der Waals surface area (Å²) in [5.41, 5.74) is 0.477. The van der Waals surface area contributed by atoms with Crippen molar-refractivity contribution in [3.63, 3.8) is 0 Å². The smallest absolute Gasteiger partial charge is 0.316 e. The predicted molar refractivity (Wildman–Crippen MR) is 74.1 cm³/mol. The molecule has 2 aliphatic rings. The van der Waals surface area contributed by atoms with Gasteiger partial charge in [-0.05, 0) is 43.4 Å². The van der Waals surface area contributed by atoms with E-state index in [1.165, 1.54) is 0 Å². The number of carbonyl (C=O) groups is 1. The molecule has 20 heavy (non-hydrogen) atoms. The summed E-state index contributed by atoms with van der Waals surface area (Å²) in [4.78, 5) is 12.4. The molecule has 1 aliphatic carbocycles. The molecule has 1 heterocycles. The molecule has 0 amide bonds. The van der Waals surface area contributed by atoms with Gasteiger partial charge in [0.2, 0.25) is 0 Å². The van der Waals surface area contributed by atoms with Crippen molar-refractivity contribution in [1.29, 1.82) is 0 Å². The zero-order valence-electron chi connectivity index (χ0n) is 12.0. The number of benzene rings is 1. The average Bonchev–Trinajstić information content (AvgIpc) is 2.46. The van der Waals surface area contributed by atoms with Gasteiger partial charge in [0, 0.05) is 0 Å². The Labute approximate surface area is 119 Å². The molecule has 0 N–H and O–H groups in total. The van der Waals surface area contributed by atoms with E-state index in [4.69, 9.17) is 14.2 Å². The molecule has 1 fully saturated rings. The van der Waals surface area contributed by atoms with Crippen molar-refractivity contribution in [2.45, 2.75) is 32.1 Å². The SMILES string of the molecule is CCOC(=O)C1(c2ccc3c(c2)OCCO3)CCC1C. The minimum absolute atomic E-state index is 0.115. The van der Waals surface area contributed by atoms with Crippen LogP contribution in [-0.4, -0.2) is 25.8 Å². The third kappa shape index (κ3) is 1.86. The second-order valence-electron chi connectivity index (χ2n) is 5.49. The van der Waals surface area contributed by atoms with Gasteiger partial charge >= 0.3 is 5.97 Å². The Hall–Kier alpha value is -1.71. The highest BCUT2D eigenvalue weighted by Crippen LogP contribution is 2.51. The first-order chi connectivity index (χ1) is 9.68. The minimum Gasteiger partial charge on any atom is -0.486 e. The standard InChI is InChI=1S/C16H20O4/c1-3-18-15(17)16(7-6-11(16)2)12-4-5-13-14(10-12)20-9-8-19-13/h4-5,10-11H,3,6-9H2,1-2H3. The van der Waals surface area contributed by atoms with Gasteiger partial charge in [0.25, 0.3) is 0 Å². The molecule has 4 heteroatoms. The highest BCUT2D eigenvalue weighted by Gasteiger charge is 2.53. The fraction of sp³-hybridized carbons (Fsp3) is 0.562. The van der Waals surface area contributed by atoms with Crippen molar-refractivity contribution >= 4 is 5.97 Å². The number of hydrogen-bond acceptors (Lipinski definition) is 4. The quantitative estimate of drug-likeness (QED) is 0.796.